The molecule has 0 saturated carbocycles. The van der Waals surface area contributed by atoms with Gasteiger partial charge in [-0.3, -0.25) is 4.79 Å². The first-order valence-corrected chi connectivity index (χ1v) is 7.41. The second-order valence-corrected chi connectivity index (χ2v) is 5.49. The molecule has 116 valence electrons. The number of oxazole rings is 1. The van der Waals surface area contributed by atoms with Crippen molar-refractivity contribution in [2.45, 2.75) is 6.92 Å². The van der Waals surface area contributed by atoms with E-state index in [1.807, 2.05) is 0 Å². The van der Waals surface area contributed by atoms with Crippen molar-refractivity contribution in [3.05, 3.63) is 41.6 Å². The summed E-state index contributed by atoms with van der Waals surface area (Å²) in [5, 5.41) is 5.96. The predicted molar refractivity (Wildman–Crippen MR) is 92.3 cm³/mol. The van der Waals surface area contributed by atoms with E-state index in [0.29, 0.717) is 33.4 Å². The maximum Gasteiger partial charge on any atom is 0.228 e. The minimum absolute atomic E-state index is 0.163. The lowest BCUT2D eigenvalue weighted by Crippen LogP contribution is -2.32. The average molecular weight is 347 g/mol. The monoisotopic (exact) mass is 346 g/mol. The third-order valence-corrected chi connectivity index (χ3v) is 3.45. The molecule has 1 aromatic carbocycles. The van der Waals surface area contributed by atoms with Crippen LogP contribution in [-0.2, 0) is 4.79 Å². The molecule has 0 aliphatic rings. The van der Waals surface area contributed by atoms with Gasteiger partial charge < -0.3 is 15.1 Å². The predicted octanol–water partition coefficient (Wildman–Crippen LogP) is 3.38. The Labute approximate surface area is 141 Å². The molecule has 0 saturated heterocycles. The van der Waals surface area contributed by atoms with E-state index in [-0.39, 0.29) is 11.0 Å². The van der Waals surface area contributed by atoms with Crippen molar-refractivity contribution in [1.29, 1.82) is 0 Å². The van der Waals surface area contributed by atoms with Crippen LogP contribution in [-0.4, -0.2) is 21.0 Å². The highest BCUT2D eigenvalue weighted by Gasteiger charge is 2.12. The number of carbonyl (C=O) groups is 1. The first-order valence-electron chi connectivity index (χ1n) is 6.63. The molecule has 0 aliphatic heterocycles. The minimum Gasteiger partial charge on any atom is -0.434 e. The van der Waals surface area contributed by atoms with E-state index in [1.165, 1.54) is 6.92 Å². The van der Waals surface area contributed by atoms with Crippen LogP contribution in [0.3, 0.4) is 0 Å². The first-order chi connectivity index (χ1) is 11.0. The van der Waals surface area contributed by atoms with Gasteiger partial charge in [0.05, 0.1) is 10.7 Å². The largest absolute Gasteiger partial charge is 0.434 e. The molecule has 6 nitrogen and oxygen atoms in total. The summed E-state index contributed by atoms with van der Waals surface area (Å²) in [6, 6.07) is 8.77. The molecule has 0 atom stereocenters. The fraction of sp³-hybridized carbons (Fsp3) is 0.0667. The van der Waals surface area contributed by atoms with Crippen LogP contribution in [0.2, 0.25) is 5.02 Å². The van der Waals surface area contributed by atoms with Gasteiger partial charge in [-0.25, -0.2) is 4.98 Å². The van der Waals surface area contributed by atoms with E-state index in [2.05, 4.69) is 20.6 Å². The van der Waals surface area contributed by atoms with E-state index >= 15 is 0 Å². The van der Waals surface area contributed by atoms with Crippen LogP contribution < -0.4 is 10.6 Å². The summed E-state index contributed by atoms with van der Waals surface area (Å²) in [5.41, 5.74) is 2.38. The van der Waals surface area contributed by atoms with E-state index in [0.717, 1.165) is 0 Å². The summed E-state index contributed by atoms with van der Waals surface area (Å²) in [6.45, 7) is 1.37. The molecule has 0 aliphatic carbocycles. The number of hydrogen-bond acceptors (Lipinski definition) is 5. The molecule has 3 rings (SSSR count). The SMILES string of the molecule is CC(=O)NC(=S)Nc1cc(-c2nc3ncccc3o2)ccc1Cl. The van der Waals surface area contributed by atoms with Gasteiger partial charge in [-0.2, -0.15) is 4.98 Å². The number of amides is 1. The van der Waals surface area contributed by atoms with Gasteiger partial charge in [0.15, 0.2) is 16.3 Å². The summed E-state index contributed by atoms with van der Waals surface area (Å²) >= 11 is 11.2. The van der Waals surface area contributed by atoms with Gasteiger partial charge in [-0.05, 0) is 42.5 Å². The molecule has 2 aromatic heterocycles. The zero-order valence-corrected chi connectivity index (χ0v) is 13.5. The molecule has 0 fully saturated rings. The number of carbonyl (C=O) groups excluding carboxylic acids is 1. The van der Waals surface area contributed by atoms with Crippen LogP contribution in [0.25, 0.3) is 22.7 Å². The number of halogens is 1. The average Bonchev–Trinajstić information content (AvgIpc) is 2.92. The van der Waals surface area contributed by atoms with Gasteiger partial charge >= 0.3 is 0 Å². The number of anilines is 1. The van der Waals surface area contributed by atoms with Gasteiger partial charge in [0.2, 0.25) is 11.8 Å². The molecular formula is C15H11ClN4O2S. The summed E-state index contributed by atoms with van der Waals surface area (Å²) < 4.78 is 5.67. The second-order valence-electron chi connectivity index (χ2n) is 4.67. The quantitative estimate of drug-likeness (QED) is 0.692. The number of pyridine rings is 1. The van der Waals surface area contributed by atoms with Gasteiger partial charge in [-0.1, -0.05) is 11.6 Å². The van der Waals surface area contributed by atoms with Gasteiger partial charge in [0.25, 0.3) is 0 Å². The number of nitrogens with zero attached hydrogens (tertiary/aromatic N) is 2. The highest BCUT2D eigenvalue weighted by atomic mass is 35.5. The zero-order chi connectivity index (χ0) is 16.4. The second kappa shape index (κ2) is 6.31. The molecule has 0 bridgehead atoms. The number of benzene rings is 1. The van der Waals surface area contributed by atoms with Crippen LogP contribution in [0.5, 0.6) is 0 Å². The number of thiocarbonyl (C=S) groups is 1. The lowest BCUT2D eigenvalue weighted by Gasteiger charge is -2.10. The highest BCUT2D eigenvalue weighted by Crippen LogP contribution is 2.29. The van der Waals surface area contributed by atoms with E-state index in [1.54, 1.807) is 36.5 Å². The fourth-order valence-corrected chi connectivity index (χ4v) is 2.38. The minimum atomic E-state index is -0.264. The number of hydrogen-bond donors (Lipinski definition) is 2. The molecular weight excluding hydrogens is 336 g/mol. The molecule has 1 amide bonds. The smallest absolute Gasteiger partial charge is 0.228 e. The Morgan fingerprint density at radius 3 is 2.91 bits per heavy atom. The maximum absolute atomic E-state index is 11.0. The maximum atomic E-state index is 11.0. The van der Waals surface area contributed by atoms with Crippen molar-refractivity contribution in [1.82, 2.24) is 15.3 Å². The molecule has 0 unspecified atom stereocenters. The van der Waals surface area contributed by atoms with Crippen molar-refractivity contribution >= 4 is 51.8 Å². The molecule has 0 radical (unpaired) electrons. The van der Waals surface area contributed by atoms with Crippen molar-refractivity contribution in [3.8, 4) is 11.5 Å². The third kappa shape index (κ3) is 3.46. The lowest BCUT2D eigenvalue weighted by molar-refractivity contribution is -0.117. The Balaban J connectivity index is 1.93. The molecule has 3 aromatic rings. The number of fused-ring (bicyclic) bond motifs is 1. The van der Waals surface area contributed by atoms with Crippen molar-refractivity contribution in [2.75, 3.05) is 5.32 Å². The third-order valence-electron chi connectivity index (χ3n) is 2.92. The Bertz CT molecular complexity index is 876. The Kier molecular flexibility index (Phi) is 4.22. The Hall–Kier alpha value is -2.51. The summed E-state index contributed by atoms with van der Waals surface area (Å²) in [4.78, 5) is 19.5. The Morgan fingerprint density at radius 1 is 1.35 bits per heavy atom. The van der Waals surface area contributed by atoms with Gasteiger partial charge in [0.1, 0.15) is 0 Å². The topological polar surface area (TPSA) is 80.0 Å². The van der Waals surface area contributed by atoms with E-state index in [4.69, 9.17) is 28.2 Å². The fourth-order valence-electron chi connectivity index (χ4n) is 1.96. The molecule has 2 heterocycles. The molecule has 23 heavy (non-hydrogen) atoms. The van der Waals surface area contributed by atoms with E-state index in [9.17, 15) is 4.79 Å². The lowest BCUT2D eigenvalue weighted by atomic mass is 10.2. The van der Waals surface area contributed by atoms with Gasteiger partial charge in [-0.15, -0.1) is 0 Å². The zero-order valence-electron chi connectivity index (χ0n) is 12.0. The number of rotatable bonds is 2. The molecule has 8 heteroatoms. The number of aromatic nitrogens is 2. The van der Waals surface area contributed by atoms with Crippen LogP contribution in [0.15, 0.2) is 40.9 Å². The van der Waals surface area contributed by atoms with Crippen molar-refractivity contribution in [2.24, 2.45) is 0 Å². The normalized spacial score (nSPS) is 10.5. The summed E-state index contributed by atoms with van der Waals surface area (Å²) in [6.07, 6.45) is 1.65. The Morgan fingerprint density at radius 2 is 2.17 bits per heavy atom. The first kappa shape index (κ1) is 15.4. The van der Waals surface area contributed by atoms with Crippen LogP contribution in [0, 0.1) is 0 Å². The molecule has 2 N–H and O–H groups in total. The molecule has 0 spiro atoms. The van der Waals surface area contributed by atoms with E-state index < -0.39 is 0 Å². The standard InChI is InChI=1S/C15H11ClN4O2S/c1-8(21)18-15(23)19-11-7-9(4-5-10(11)16)14-20-13-12(22-14)3-2-6-17-13/h2-7H,1H3,(H2,18,19,21,23). The van der Waals surface area contributed by atoms with Crippen LogP contribution >= 0.6 is 23.8 Å². The highest BCUT2D eigenvalue weighted by molar-refractivity contribution is 7.80. The summed E-state index contributed by atoms with van der Waals surface area (Å²) in [7, 11) is 0. The summed E-state index contributed by atoms with van der Waals surface area (Å²) in [5.74, 6) is 0.156. The van der Waals surface area contributed by atoms with Crippen molar-refractivity contribution < 1.29 is 9.21 Å². The van der Waals surface area contributed by atoms with Crippen molar-refractivity contribution in [3.63, 3.8) is 0 Å². The van der Waals surface area contributed by atoms with Crippen LogP contribution in [0.4, 0.5) is 5.69 Å². The number of nitrogens with one attached hydrogen (secondary N) is 2. The van der Waals surface area contributed by atoms with Crippen LogP contribution in [0.1, 0.15) is 6.92 Å². The van der Waals surface area contributed by atoms with Gasteiger partial charge in [0, 0.05) is 18.7 Å².